The van der Waals surface area contributed by atoms with E-state index in [0.717, 1.165) is 12.8 Å². The summed E-state index contributed by atoms with van der Waals surface area (Å²) >= 11 is 0. The Hall–Kier alpha value is -2.05. The number of hydrogen-bond acceptors (Lipinski definition) is 3. The average Bonchev–Trinajstić information content (AvgIpc) is 3.07. The Morgan fingerprint density at radius 2 is 2.11 bits per heavy atom. The van der Waals surface area contributed by atoms with E-state index in [4.69, 9.17) is 0 Å². The predicted molar refractivity (Wildman–Crippen MR) is 62.7 cm³/mol. The van der Waals surface area contributed by atoms with Crippen LogP contribution in [0.5, 0.6) is 0 Å². The van der Waals surface area contributed by atoms with Gasteiger partial charge in [0, 0.05) is 6.54 Å². The molecule has 1 saturated carbocycles. The van der Waals surface area contributed by atoms with Crippen LogP contribution in [0.2, 0.25) is 0 Å². The average molecular weight is 270 g/mol. The van der Waals surface area contributed by atoms with Crippen molar-refractivity contribution >= 4 is 11.6 Å². The largest absolute Gasteiger partial charge is 0.351 e. The number of nitrogens with one attached hydrogen (secondary N) is 1. The zero-order chi connectivity index (χ0) is 14.2. The minimum absolute atomic E-state index is 0.00535. The van der Waals surface area contributed by atoms with E-state index in [-0.39, 0.29) is 5.41 Å². The topological polar surface area (TPSA) is 72.2 Å². The van der Waals surface area contributed by atoms with Crippen molar-refractivity contribution in [3.05, 3.63) is 39.4 Å². The van der Waals surface area contributed by atoms with E-state index in [1.54, 1.807) is 0 Å². The highest BCUT2D eigenvalue weighted by Gasteiger charge is 2.37. The maximum absolute atomic E-state index is 13.7. The van der Waals surface area contributed by atoms with Crippen molar-refractivity contribution in [3.63, 3.8) is 0 Å². The molecule has 2 rings (SSSR count). The van der Waals surface area contributed by atoms with Gasteiger partial charge in [0.2, 0.25) is 5.82 Å². The maximum atomic E-state index is 13.7. The number of nitrogens with zero attached hydrogens (tertiary/aromatic N) is 1. The summed E-state index contributed by atoms with van der Waals surface area (Å²) in [6, 6.07) is 1.11. The van der Waals surface area contributed by atoms with Crippen molar-refractivity contribution in [3.8, 4) is 0 Å². The van der Waals surface area contributed by atoms with Gasteiger partial charge < -0.3 is 5.32 Å². The van der Waals surface area contributed by atoms with Gasteiger partial charge in [0.1, 0.15) is 5.82 Å². The monoisotopic (exact) mass is 270 g/mol. The molecule has 1 fully saturated rings. The molecule has 0 bridgehead atoms. The van der Waals surface area contributed by atoms with E-state index < -0.39 is 33.7 Å². The molecule has 7 heteroatoms. The standard InChI is InChI=1S/C12H12F2N2O3/c1-12(2-3-12)6-15-11(17)8-4-7(13)5-9(10(8)14)16(18)19/h4-5H,2-3,6H2,1H3,(H,15,17). The van der Waals surface area contributed by atoms with Gasteiger partial charge >= 0.3 is 5.69 Å². The van der Waals surface area contributed by atoms with Crippen LogP contribution in [0.3, 0.4) is 0 Å². The van der Waals surface area contributed by atoms with E-state index in [0.29, 0.717) is 18.7 Å². The molecule has 5 nitrogen and oxygen atoms in total. The van der Waals surface area contributed by atoms with E-state index in [9.17, 15) is 23.7 Å². The van der Waals surface area contributed by atoms with Crippen LogP contribution in [0.4, 0.5) is 14.5 Å². The van der Waals surface area contributed by atoms with Crippen LogP contribution in [0, 0.1) is 27.2 Å². The second-order valence-electron chi connectivity index (χ2n) is 5.04. The van der Waals surface area contributed by atoms with Gasteiger partial charge in [-0.05, 0) is 24.3 Å². The first-order valence-electron chi connectivity index (χ1n) is 5.74. The van der Waals surface area contributed by atoms with Crippen LogP contribution < -0.4 is 5.32 Å². The van der Waals surface area contributed by atoms with E-state index in [2.05, 4.69) is 5.32 Å². The van der Waals surface area contributed by atoms with Gasteiger partial charge in [-0.3, -0.25) is 14.9 Å². The van der Waals surface area contributed by atoms with Gasteiger partial charge in [0.25, 0.3) is 5.91 Å². The Morgan fingerprint density at radius 3 is 2.63 bits per heavy atom. The number of rotatable bonds is 4. The number of nitro groups is 1. The Labute approximate surface area is 107 Å². The molecule has 0 spiro atoms. The zero-order valence-corrected chi connectivity index (χ0v) is 10.2. The summed E-state index contributed by atoms with van der Waals surface area (Å²) in [7, 11) is 0. The smallest absolute Gasteiger partial charge is 0.308 e. The number of hydrogen-bond donors (Lipinski definition) is 1. The third-order valence-corrected chi connectivity index (χ3v) is 3.24. The fraction of sp³-hybridized carbons (Fsp3) is 0.417. The third-order valence-electron chi connectivity index (χ3n) is 3.24. The zero-order valence-electron chi connectivity index (χ0n) is 10.2. The van der Waals surface area contributed by atoms with Crippen molar-refractivity contribution in [1.82, 2.24) is 5.32 Å². The normalized spacial score (nSPS) is 15.9. The van der Waals surface area contributed by atoms with E-state index >= 15 is 0 Å². The lowest BCUT2D eigenvalue weighted by atomic mass is 10.1. The molecule has 102 valence electrons. The molecule has 0 radical (unpaired) electrons. The van der Waals surface area contributed by atoms with Crippen LogP contribution >= 0.6 is 0 Å². The SMILES string of the molecule is CC1(CNC(=O)c2cc(F)cc([N+](=O)[O-])c2F)CC1. The van der Waals surface area contributed by atoms with Gasteiger partial charge in [0.05, 0.1) is 16.6 Å². The Bertz CT molecular complexity index is 556. The van der Waals surface area contributed by atoms with Crippen LogP contribution in [-0.4, -0.2) is 17.4 Å². The number of benzene rings is 1. The van der Waals surface area contributed by atoms with Crippen LogP contribution in [-0.2, 0) is 0 Å². The van der Waals surface area contributed by atoms with Gasteiger partial charge in [-0.2, -0.15) is 4.39 Å². The summed E-state index contributed by atoms with van der Waals surface area (Å²) in [6.07, 6.45) is 1.91. The lowest BCUT2D eigenvalue weighted by Crippen LogP contribution is -2.30. The van der Waals surface area contributed by atoms with Crippen molar-refractivity contribution < 1.29 is 18.5 Å². The number of carbonyl (C=O) groups is 1. The summed E-state index contributed by atoms with van der Waals surface area (Å²) in [5, 5.41) is 13.0. The highest BCUT2D eigenvalue weighted by Crippen LogP contribution is 2.44. The number of nitro benzene ring substituents is 1. The molecule has 1 aliphatic rings. The highest BCUT2D eigenvalue weighted by molar-refractivity contribution is 5.95. The fourth-order valence-corrected chi connectivity index (χ4v) is 1.65. The lowest BCUT2D eigenvalue weighted by Gasteiger charge is -2.10. The summed E-state index contributed by atoms with van der Waals surface area (Å²) in [6.45, 7) is 2.30. The molecule has 1 aromatic carbocycles. The molecule has 0 heterocycles. The second kappa shape index (κ2) is 4.56. The molecule has 0 saturated heterocycles. The summed E-state index contributed by atoms with van der Waals surface area (Å²) < 4.78 is 26.9. The van der Waals surface area contributed by atoms with Gasteiger partial charge in [-0.15, -0.1) is 0 Å². The highest BCUT2D eigenvalue weighted by atomic mass is 19.1. The lowest BCUT2D eigenvalue weighted by molar-refractivity contribution is -0.387. The molecule has 0 unspecified atom stereocenters. The Balaban J connectivity index is 2.23. The van der Waals surface area contributed by atoms with Crippen LogP contribution in [0.15, 0.2) is 12.1 Å². The van der Waals surface area contributed by atoms with Crippen molar-refractivity contribution in [1.29, 1.82) is 0 Å². The first-order chi connectivity index (χ1) is 8.82. The first kappa shape index (κ1) is 13.4. The molecule has 1 N–H and O–H groups in total. The van der Waals surface area contributed by atoms with Gasteiger partial charge in [-0.1, -0.05) is 6.92 Å². The van der Waals surface area contributed by atoms with E-state index in [1.807, 2.05) is 6.92 Å². The number of carbonyl (C=O) groups excluding carboxylic acids is 1. The molecule has 1 aliphatic carbocycles. The molecule has 0 aromatic heterocycles. The second-order valence-corrected chi connectivity index (χ2v) is 5.04. The molecule has 1 amide bonds. The van der Waals surface area contributed by atoms with Crippen LogP contribution in [0.1, 0.15) is 30.1 Å². The van der Waals surface area contributed by atoms with Crippen molar-refractivity contribution in [2.75, 3.05) is 6.54 Å². The molecular weight excluding hydrogens is 258 g/mol. The molecule has 0 atom stereocenters. The molecule has 1 aromatic rings. The third kappa shape index (κ3) is 2.86. The molecule has 19 heavy (non-hydrogen) atoms. The maximum Gasteiger partial charge on any atom is 0.308 e. The Kier molecular flexibility index (Phi) is 3.21. The minimum atomic E-state index is -1.31. The quantitative estimate of drug-likeness (QED) is 0.674. The molecular formula is C12H12F2N2O3. The number of halogens is 2. The minimum Gasteiger partial charge on any atom is -0.351 e. The molecule has 0 aliphatic heterocycles. The van der Waals surface area contributed by atoms with Gasteiger partial charge in [0.15, 0.2) is 0 Å². The Morgan fingerprint density at radius 1 is 1.47 bits per heavy atom. The summed E-state index contributed by atoms with van der Waals surface area (Å²) in [5.74, 6) is -3.17. The summed E-state index contributed by atoms with van der Waals surface area (Å²) in [4.78, 5) is 21.2. The number of amides is 1. The van der Waals surface area contributed by atoms with Crippen molar-refractivity contribution in [2.45, 2.75) is 19.8 Å². The van der Waals surface area contributed by atoms with Gasteiger partial charge in [-0.25, -0.2) is 4.39 Å². The fourth-order valence-electron chi connectivity index (χ4n) is 1.65. The van der Waals surface area contributed by atoms with Crippen LogP contribution in [0.25, 0.3) is 0 Å². The first-order valence-corrected chi connectivity index (χ1v) is 5.74. The van der Waals surface area contributed by atoms with E-state index in [1.165, 1.54) is 0 Å². The van der Waals surface area contributed by atoms with Crippen molar-refractivity contribution in [2.24, 2.45) is 5.41 Å². The summed E-state index contributed by atoms with van der Waals surface area (Å²) in [5.41, 5.74) is -1.68. The predicted octanol–water partition coefficient (Wildman–Crippen LogP) is 2.40.